The number of nitrogens with zero attached hydrogens (tertiary/aromatic N) is 3. The van der Waals surface area contributed by atoms with Gasteiger partial charge in [0.2, 0.25) is 5.91 Å². The van der Waals surface area contributed by atoms with Crippen molar-refractivity contribution in [2.45, 2.75) is 0 Å². The second-order valence-electron chi connectivity index (χ2n) is 6.74. The molecule has 6 nitrogen and oxygen atoms in total. The smallest absolute Gasteiger partial charge is 0.254 e. The first kappa shape index (κ1) is 19.4. The van der Waals surface area contributed by atoms with Gasteiger partial charge in [0.15, 0.2) is 5.13 Å². The van der Waals surface area contributed by atoms with Crippen molar-refractivity contribution in [1.82, 2.24) is 14.8 Å². The molecule has 0 spiro atoms. The maximum absolute atomic E-state index is 12.8. The van der Waals surface area contributed by atoms with Gasteiger partial charge in [-0.05, 0) is 42.0 Å². The van der Waals surface area contributed by atoms with Crippen molar-refractivity contribution in [3.05, 3.63) is 64.7 Å². The molecule has 2 N–H and O–H groups in total. The van der Waals surface area contributed by atoms with Crippen LogP contribution in [0.15, 0.2) is 48.5 Å². The molecule has 0 aliphatic carbocycles. The van der Waals surface area contributed by atoms with E-state index in [1.54, 1.807) is 40.2 Å². The zero-order chi connectivity index (χ0) is 20.4. The highest BCUT2D eigenvalue weighted by molar-refractivity contribution is 7.22. The van der Waals surface area contributed by atoms with Gasteiger partial charge in [-0.3, -0.25) is 9.59 Å². The predicted octanol–water partition coefficient (Wildman–Crippen LogP) is 3.53. The Kier molecular flexibility index (Phi) is 5.51. The lowest BCUT2D eigenvalue weighted by molar-refractivity contribution is -0.127. The number of thiazole rings is 1. The van der Waals surface area contributed by atoms with Crippen molar-refractivity contribution in [3.8, 4) is 0 Å². The van der Waals surface area contributed by atoms with E-state index in [1.807, 2.05) is 24.3 Å². The van der Waals surface area contributed by atoms with Gasteiger partial charge in [0.05, 0.1) is 10.2 Å². The van der Waals surface area contributed by atoms with Crippen LogP contribution in [-0.4, -0.2) is 52.8 Å². The highest BCUT2D eigenvalue weighted by Crippen LogP contribution is 2.25. The van der Waals surface area contributed by atoms with Gasteiger partial charge in [0.25, 0.3) is 5.91 Å². The Morgan fingerprint density at radius 3 is 2.45 bits per heavy atom. The fourth-order valence-electron chi connectivity index (χ4n) is 3.23. The van der Waals surface area contributed by atoms with Crippen LogP contribution in [-0.2, 0) is 4.79 Å². The van der Waals surface area contributed by atoms with E-state index in [4.69, 9.17) is 17.3 Å². The van der Waals surface area contributed by atoms with E-state index in [9.17, 15) is 9.59 Å². The van der Waals surface area contributed by atoms with Crippen LogP contribution in [0.5, 0.6) is 0 Å². The summed E-state index contributed by atoms with van der Waals surface area (Å²) in [6.45, 7) is 2.01. The van der Waals surface area contributed by atoms with Crippen molar-refractivity contribution in [2.24, 2.45) is 0 Å². The fraction of sp³-hybridized carbons (Fsp3) is 0.190. The number of fused-ring (bicyclic) bond motifs is 1. The molecule has 1 aliphatic rings. The van der Waals surface area contributed by atoms with E-state index in [1.165, 1.54) is 11.3 Å². The number of benzene rings is 2. The molecule has 2 amide bonds. The molecule has 1 aliphatic heterocycles. The van der Waals surface area contributed by atoms with Gasteiger partial charge in [-0.1, -0.05) is 35.1 Å². The van der Waals surface area contributed by atoms with E-state index in [0.717, 1.165) is 15.8 Å². The first-order valence-corrected chi connectivity index (χ1v) is 10.4. The van der Waals surface area contributed by atoms with Crippen LogP contribution in [0.25, 0.3) is 16.3 Å². The highest BCUT2D eigenvalue weighted by atomic mass is 35.5. The molecule has 29 heavy (non-hydrogen) atoms. The number of piperazine rings is 1. The highest BCUT2D eigenvalue weighted by Gasteiger charge is 2.24. The molecule has 0 bridgehead atoms. The number of nitrogen functional groups attached to an aromatic ring is 1. The molecule has 0 saturated carbocycles. The SMILES string of the molecule is Nc1nc2ccc(C(=O)N3CCN(C(=O)/C=C/c4ccc(Cl)cc4)CC3)cc2s1. The molecule has 3 aromatic rings. The summed E-state index contributed by atoms with van der Waals surface area (Å²) in [6.07, 6.45) is 3.33. The summed E-state index contributed by atoms with van der Waals surface area (Å²) < 4.78 is 0.898. The molecule has 1 aromatic heterocycles. The maximum Gasteiger partial charge on any atom is 0.254 e. The number of aromatic nitrogens is 1. The van der Waals surface area contributed by atoms with Crippen molar-refractivity contribution >= 4 is 56.2 Å². The molecule has 1 fully saturated rings. The quantitative estimate of drug-likeness (QED) is 0.650. The van der Waals surface area contributed by atoms with Crippen molar-refractivity contribution in [2.75, 3.05) is 31.9 Å². The summed E-state index contributed by atoms with van der Waals surface area (Å²) in [4.78, 5) is 33.0. The molecule has 4 rings (SSSR count). The normalized spacial score (nSPS) is 14.7. The number of halogens is 1. The Balaban J connectivity index is 1.36. The molecule has 0 radical (unpaired) electrons. The summed E-state index contributed by atoms with van der Waals surface area (Å²) in [5.74, 6) is -0.101. The van der Waals surface area contributed by atoms with Gasteiger partial charge < -0.3 is 15.5 Å². The van der Waals surface area contributed by atoms with Crippen molar-refractivity contribution in [1.29, 1.82) is 0 Å². The predicted molar refractivity (Wildman–Crippen MR) is 117 cm³/mol. The first-order valence-electron chi connectivity index (χ1n) is 9.17. The van der Waals surface area contributed by atoms with Crippen LogP contribution in [0.3, 0.4) is 0 Å². The van der Waals surface area contributed by atoms with Gasteiger partial charge in [0, 0.05) is 42.8 Å². The number of amides is 2. The van der Waals surface area contributed by atoms with E-state index in [0.29, 0.717) is 41.9 Å². The molecule has 148 valence electrons. The third kappa shape index (κ3) is 4.41. The van der Waals surface area contributed by atoms with Crippen LogP contribution < -0.4 is 5.73 Å². The Morgan fingerprint density at radius 1 is 1.03 bits per heavy atom. The average Bonchev–Trinajstić information content (AvgIpc) is 3.12. The largest absolute Gasteiger partial charge is 0.375 e. The molecular formula is C21H19ClN4O2S. The van der Waals surface area contributed by atoms with Crippen LogP contribution in [0.1, 0.15) is 15.9 Å². The number of hydrogen-bond acceptors (Lipinski definition) is 5. The zero-order valence-corrected chi connectivity index (χ0v) is 17.1. The third-order valence-electron chi connectivity index (χ3n) is 4.82. The number of carbonyl (C=O) groups excluding carboxylic acids is 2. The second-order valence-corrected chi connectivity index (χ2v) is 8.24. The minimum atomic E-state index is -0.0615. The van der Waals surface area contributed by atoms with Gasteiger partial charge in [0.1, 0.15) is 0 Å². The monoisotopic (exact) mass is 426 g/mol. The zero-order valence-electron chi connectivity index (χ0n) is 15.5. The minimum absolute atomic E-state index is 0.0392. The lowest BCUT2D eigenvalue weighted by Gasteiger charge is -2.34. The van der Waals surface area contributed by atoms with Crippen LogP contribution >= 0.6 is 22.9 Å². The topological polar surface area (TPSA) is 79.5 Å². The maximum atomic E-state index is 12.8. The molecule has 0 unspecified atom stereocenters. The second kappa shape index (κ2) is 8.23. The van der Waals surface area contributed by atoms with Crippen molar-refractivity contribution in [3.63, 3.8) is 0 Å². The molecule has 2 aromatic carbocycles. The number of nitrogens with two attached hydrogens (primary N) is 1. The number of rotatable bonds is 3. The van der Waals surface area contributed by atoms with E-state index < -0.39 is 0 Å². The van der Waals surface area contributed by atoms with Crippen LogP contribution in [0, 0.1) is 0 Å². The number of anilines is 1. The van der Waals surface area contributed by atoms with Crippen LogP contribution in [0.4, 0.5) is 5.13 Å². The minimum Gasteiger partial charge on any atom is -0.375 e. The Bertz CT molecular complexity index is 1090. The van der Waals surface area contributed by atoms with E-state index >= 15 is 0 Å². The number of carbonyl (C=O) groups is 2. The van der Waals surface area contributed by atoms with Gasteiger partial charge in [-0.25, -0.2) is 4.98 Å². The third-order valence-corrected chi connectivity index (χ3v) is 5.92. The molecule has 2 heterocycles. The lowest BCUT2D eigenvalue weighted by Crippen LogP contribution is -2.50. The fourth-order valence-corrected chi connectivity index (χ4v) is 4.13. The van der Waals surface area contributed by atoms with Gasteiger partial charge in [-0.15, -0.1) is 0 Å². The first-order chi connectivity index (χ1) is 14.0. The summed E-state index contributed by atoms with van der Waals surface area (Å²) in [5.41, 5.74) is 8.06. The van der Waals surface area contributed by atoms with Gasteiger partial charge in [-0.2, -0.15) is 0 Å². The summed E-state index contributed by atoms with van der Waals surface area (Å²) in [5, 5.41) is 1.15. The molecule has 0 atom stereocenters. The Hall–Kier alpha value is -2.90. The molecule has 8 heteroatoms. The van der Waals surface area contributed by atoms with E-state index in [-0.39, 0.29) is 11.8 Å². The van der Waals surface area contributed by atoms with Crippen molar-refractivity contribution < 1.29 is 9.59 Å². The van der Waals surface area contributed by atoms with Gasteiger partial charge >= 0.3 is 0 Å². The Labute approximate surface area is 177 Å². The lowest BCUT2D eigenvalue weighted by atomic mass is 10.1. The summed E-state index contributed by atoms with van der Waals surface area (Å²) in [6, 6.07) is 12.7. The standard InChI is InChI=1S/C21H19ClN4O2S/c22-16-5-1-14(2-6-16)3-8-19(27)25-9-11-26(12-10-25)20(28)15-4-7-17-18(13-15)29-21(23)24-17/h1-8,13H,9-12H2,(H2,23,24)/b8-3+. The molecule has 1 saturated heterocycles. The average molecular weight is 427 g/mol. The Morgan fingerprint density at radius 2 is 1.72 bits per heavy atom. The van der Waals surface area contributed by atoms with Crippen LogP contribution in [0.2, 0.25) is 5.02 Å². The summed E-state index contributed by atoms with van der Waals surface area (Å²) in [7, 11) is 0. The molecular weight excluding hydrogens is 408 g/mol. The number of hydrogen-bond donors (Lipinski definition) is 1. The summed E-state index contributed by atoms with van der Waals surface area (Å²) >= 11 is 7.24. The van der Waals surface area contributed by atoms with E-state index in [2.05, 4.69) is 4.98 Å².